The van der Waals surface area contributed by atoms with E-state index >= 15 is 0 Å². The van der Waals surface area contributed by atoms with Crippen LogP contribution >= 0.6 is 23.1 Å². The zero-order chi connectivity index (χ0) is 19.1. The normalized spacial score (nSPS) is 12.0. The lowest BCUT2D eigenvalue weighted by Gasteiger charge is -2.06. The average molecular weight is 405 g/mol. The Kier molecular flexibility index (Phi) is 7.20. The average Bonchev–Trinajstić information content (AvgIpc) is 3.01. The van der Waals surface area contributed by atoms with Gasteiger partial charge in [-0.15, -0.1) is 11.8 Å². The number of halogens is 1. The minimum absolute atomic E-state index is 0.215. The fourth-order valence-corrected chi connectivity index (χ4v) is 4.51. The molecule has 0 atom stereocenters. The fraction of sp³-hybridized carbons (Fsp3) is 0.300. The van der Waals surface area contributed by atoms with Gasteiger partial charge in [-0.1, -0.05) is 47.7 Å². The maximum atomic E-state index is 14.3. The summed E-state index contributed by atoms with van der Waals surface area (Å²) in [5, 5.41) is 0. The number of carbonyl (C=O) groups is 1. The largest absolute Gasteiger partial charge is 0.380 e. The van der Waals surface area contributed by atoms with E-state index in [1.54, 1.807) is 10.6 Å². The first-order valence-corrected chi connectivity index (χ1v) is 10.7. The molecule has 3 aromatic rings. The molecule has 2 aromatic carbocycles. The molecule has 0 unspecified atom stereocenters. The van der Waals surface area contributed by atoms with Crippen LogP contribution in [0, 0.1) is 5.82 Å². The second-order valence-electron chi connectivity index (χ2n) is 5.80. The molecule has 0 bridgehead atoms. The van der Waals surface area contributed by atoms with Crippen LogP contribution in [0.4, 0.5) is 4.39 Å². The van der Waals surface area contributed by atoms with Gasteiger partial charge in [-0.2, -0.15) is 4.99 Å². The number of hydrogen-bond donors (Lipinski definition) is 0. The van der Waals surface area contributed by atoms with Crippen molar-refractivity contribution in [2.75, 3.05) is 19.0 Å². The van der Waals surface area contributed by atoms with Gasteiger partial charge in [0.1, 0.15) is 5.82 Å². The predicted molar refractivity (Wildman–Crippen MR) is 109 cm³/mol. The molecule has 0 fully saturated rings. The van der Waals surface area contributed by atoms with Crippen LogP contribution in [0.5, 0.6) is 0 Å². The third-order valence-corrected chi connectivity index (χ3v) is 5.90. The molecule has 0 aliphatic carbocycles. The number of carbonyl (C=O) groups excluding carboxylic acids is 1. The maximum Gasteiger partial charge on any atom is 0.258 e. The molecule has 1 amide bonds. The van der Waals surface area contributed by atoms with Crippen LogP contribution in [0.25, 0.3) is 10.2 Å². The lowest BCUT2D eigenvalue weighted by molar-refractivity contribution is -0.115. The van der Waals surface area contributed by atoms with Gasteiger partial charge in [-0.25, -0.2) is 4.39 Å². The summed E-state index contributed by atoms with van der Waals surface area (Å²) in [4.78, 5) is 17.1. The minimum atomic E-state index is -0.312. The zero-order valence-electron chi connectivity index (χ0n) is 15.1. The van der Waals surface area contributed by atoms with Crippen molar-refractivity contribution in [2.45, 2.75) is 19.2 Å². The number of nitrogens with zero attached hydrogens (tertiary/aromatic N) is 2. The molecule has 0 aliphatic rings. The van der Waals surface area contributed by atoms with Gasteiger partial charge in [0.25, 0.3) is 5.91 Å². The number of aromatic nitrogens is 1. The Morgan fingerprint density at radius 1 is 1.22 bits per heavy atom. The lowest BCUT2D eigenvalue weighted by atomic mass is 10.2. The Bertz CT molecular complexity index is 967. The molecule has 0 N–H and O–H groups in total. The highest BCUT2D eigenvalue weighted by atomic mass is 32.2. The van der Waals surface area contributed by atoms with E-state index in [0.717, 1.165) is 10.5 Å². The highest BCUT2D eigenvalue weighted by Crippen LogP contribution is 2.20. The van der Waals surface area contributed by atoms with Crippen molar-refractivity contribution in [1.29, 1.82) is 0 Å². The van der Waals surface area contributed by atoms with Gasteiger partial charge in [0.05, 0.1) is 22.6 Å². The second kappa shape index (κ2) is 9.82. The van der Waals surface area contributed by atoms with Crippen molar-refractivity contribution >= 4 is 39.2 Å². The van der Waals surface area contributed by atoms with Crippen molar-refractivity contribution in [1.82, 2.24) is 4.57 Å². The van der Waals surface area contributed by atoms with Gasteiger partial charge in [0, 0.05) is 18.9 Å². The zero-order valence-corrected chi connectivity index (χ0v) is 16.7. The van der Waals surface area contributed by atoms with Crippen molar-refractivity contribution in [2.24, 2.45) is 4.99 Å². The predicted octanol–water partition coefficient (Wildman–Crippen LogP) is 4.24. The number of hydrogen-bond acceptors (Lipinski definition) is 4. The number of para-hydroxylation sites is 1. The van der Waals surface area contributed by atoms with Crippen molar-refractivity contribution in [3.63, 3.8) is 0 Å². The van der Waals surface area contributed by atoms with Crippen molar-refractivity contribution in [3.8, 4) is 0 Å². The van der Waals surface area contributed by atoms with E-state index in [1.807, 2.05) is 43.3 Å². The van der Waals surface area contributed by atoms with Crippen LogP contribution in [-0.4, -0.2) is 29.4 Å². The first-order valence-electron chi connectivity index (χ1n) is 8.74. The molecule has 0 saturated heterocycles. The molecule has 0 radical (unpaired) electrons. The smallest absolute Gasteiger partial charge is 0.258 e. The molecule has 0 aliphatic heterocycles. The summed E-state index contributed by atoms with van der Waals surface area (Å²) in [5.41, 5.74) is 1.65. The SMILES string of the molecule is CCOCCn1c(=NC(=O)CSCc2ccccc2)sc2cccc(F)c21. The van der Waals surface area contributed by atoms with E-state index in [9.17, 15) is 9.18 Å². The van der Waals surface area contributed by atoms with Crippen LogP contribution in [-0.2, 0) is 21.8 Å². The molecular formula is C20H21FN2O2S2. The Morgan fingerprint density at radius 3 is 2.81 bits per heavy atom. The van der Waals surface area contributed by atoms with Gasteiger partial charge >= 0.3 is 0 Å². The topological polar surface area (TPSA) is 43.6 Å². The second-order valence-corrected chi connectivity index (χ2v) is 7.80. The first-order chi connectivity index (χ1) is 13.2. The number of amides is 1. The number of benzene rings is 2. The Morgan fingerprint density at radius 2 is 2.04 bits per heavy atom. The lowest BCUT2D eigenvalue weighted by Crippen LogP contribution is -2.20. The number of rotatable bonds is 8. The molecule has 142 valence electrons. The van der Waals surface area contributed by atoms with Crippen LogP contribution in [0.3, 0.4) is 0 Å². The monoisotopic (exact) mass is 404 g/mol. The number of fused-ring (bicyclic) bond motifs is 1. The van der Waals surface area contributed by atoms with Crippen LogP contribution in [0.1, 0.15) is 12.5 Å². The van der Waals surface area contributed by atoms with E-state index in [1.165, 1.54) is 34.7 Å². The van der Waals surface area contributed by atoms with Crippen LogP contribution in [0.15, 0.2) is 53.5 Å². The standard InChI is InChI=1S/C20H21FN2O2S2/c1-2-25-12-11-23-19-16(21)9-6-10-17(19)27-20(23)22-18(24)14-26-13-15-7-4-3-5-8-15/h3-10H,2,11-14H2,1H3. The van der Waals surface area contributed by atoms with Crippen molar-refractivity contribution < 1.29 is 13.9 Å². The third kappa shape index (κ3) is 5.28. The third-order valence-electron chi connectivity index (χ3n) is 3.87. The summed E-state index contributed by atoms with van der Waals surface area (Å²) in [5.74, 6) is 0.519. The fourth-order valence-electron chi connectivity index (χ4n) is 2.65. The van der Waals surface area contributed by atoms with Gasteiger partial charge < -0.3 is 9.30 Å². The number of ether oxygens (including phenoxy) is 1. The Balaban J connectivity index is 1.78. The Labute approximate surface area is 165 Å². The minimum Gasteiger partial charge on any atom is -0.380 e. The summed E-state index contributed by atoms with van der Waals surface area (Å²) in [6.07, 6.45) is 0. The summed E-state index contributed by atoms with van der Waals surface area (Å²) in [7, 11) is 0. The molecule has 3 rings (SSSR count). The van der Waals surface area contributed by atoms with Crippen LogP contribution < -0.4 is 4.80 Å². The van der Waals surface area contributed by atoms with Crippen molar-refractivity contribution in [3.05, 3.63) is 64.7 Å². The molecule has 7 heteroatoms. The summed E-state index contributed by atoms with van der Waals surface area (Å²) in [6.45, 7) is 3.40. The number of thiazole rings is 1. The highest BCUT2D eigenvalue weighted by Gasteiger charge is 2.12. The molecule has 4 nitrogen and oxygen atoms in total. The number of thioether (sulfide) groups is 1. The van der Waals surface area contributed by atoms with Gasteiger partial charge in [-0.3, -0.25) is 4.79 Å². The quantitative estimate of drug-likeness (QED) is 0.528. The summed E-state index contributed by atoms with van der Waals surface area (Å²) in [6, 6.07) is 14.9. The first kappa shape index (κ1) is 19.8. The molecule has 0 saturated carbocycles. The van der Waals surface area contributed by atoms with E-state index in [2.05, 4.69) is 4.99 Å². The van der Waals surface area contributed by atoms with Gasteiger partial charge in [-0.05, 0) is 24.6 Å². The molecule has 27 heavy (non-hydrogen) atoms. The molecule has 0 spiro atoms. The van der Waals surface area contributed by atoms with Gasteiger partial charge in [0.2, 0.25) is 0 Å². The summed E-state index contributed by atoms with van der Waals surface area (Å²) >= 11 is 2.85. The van der Waals surface area contributed by atoms with E-state index in [-0.39, 0.29) is 17.5 Å². The Hall–Kier alpha value is -1.96. The molecule has 1 heterocycles. The van der Waals surface area contributed by atoms with E-state index < -0.39 is 0 Å². The summed E-state index contributed by atoms with van der Waals surface area (Å²) < 4.78 is 22.2. The van der Waals surface area contributed by atoms with Crippen LogP contribution in [0.2, 0.25) is 0 Å². The molecule has 1 aromatic heterocycles. The highest BCUT2D eigenvalue weighted by molar-refractivity contribution is 7.99. The van der Waals surface area contributed by atoms with E-state index in [0.29, 0.717) is 30.1 Å². The maximum absolute atomic E-state index is 14.3. The van der Waals surface area contributed by atoms with E-state index in [4.69, 9.17) is 4.74 Å². The molecular weight excluding hydrogens is 383 g/mol. The van der Waals surface area contributed by atoms with Gasteiger partial charge in [0.15, 0.2) is 4.80 Å².